The summed E-state index contributed by atoms with van der Waals surface area (Å²) in [7, 11) is 1.59. The fourth-order valence-electron chi connectivity index (χ4n) is 3.03. The molecule has 0 saturated carbocycles. The maximum atomic E-state index is 13.0. The highest BCUT2D eigenvalue weighted by Gasteiger charge is 2.31. The van der Waals surface area contributed by atoms with Gasteiger partial charge in [0.1, 0.15) is 6.04 Å². The van der Waals surface area contributed by atoms with E-state index in [1.165, 1.54) is 0 Å². The van der Waals surface area contributed by atoms with Crippen LogP contribution < -0.4 is 5.32 Å². The average molecular weight is 383 g/mol. The second kappa shape index (κ2) is 11.2. The molecule has 5 heteroatoms. The molecule has 0 heterocycles. The Morgan fingerprint density at radius 1 is 0.964 bits per heavy atom. The van der Waals surface area contributed by atoms with Gasteiger partial charge in [-0.05, 0) is 11.1 Å². The van der Waals surface area contributed by atoms with Gasteiger partial charge in [0, 0.05) is 32.5 Å². The lowest BCUT2D eigenvalue weighted by atomic mass is 10.0. The Kier molecular flexibility index (Phi) is 8.69. The zero-order valence-electron chi connectivity index (χ0n) is 16.9. The van der Waals surface area contributed by atoms with Gasteiger partial charge in [0.15, 0.2) is 0 Å². The molecule has 28 heavy (non-hydrogen) atoms. The summed E-state index contributed by atoms with van der Waals surface area (Å²) in [6.45, 7) is 4.97. The molecule has 0 unspecified atom stereocenters. The SMILES string of the molecule is COCCNC(=O)[C@@H](Cc1ccccc1)N(Cc1ccccc1)C(=O)C(C)C. The molecule has 150 valence electrons. The smallest absolute Gasteiger partial charge is 0.243 e. The van der Waals surface area contributed by atoms with Gasteiger partial charge in [-0.3, -0.25) is 9.59 Å². The van der Waals surface area contributed by atoms with Gasteiger partial charge in [-0.1, -0.05) is 74.5 Å². The highest BCUT2D eigenvalue weighted by molar-refractivity contribution is 5.88. The van der Waals surface area contributed by atoms with Crippen LogP contribution in [-0.4, -0.2) is 43.0 Å². The molecule has 0 radical (unpaired) electrons. The molecular formula is C23H30N2O3. The number of carbonyl (C=O) groups excluding carboxylic acids is 2. The Morgan fingerprint density at radius 2 is 1.54 bits per heavy atom. The lowest BCUT2D eigenvalue weighted by molar-refractivity contribution is -0.143. The topological polar surface area (TPSA) is 58.6 Å². The van der Waals surface area contributed by atoms with Crippen molar-refractivity contribution in [1.29, 1.82) is 0 Å². The predicted octanol–water partition coefficient (Wildman–Crippen LogP) is 3.05. The van der Waals surface area contributed by atoms with Gasteiger partial charge >= 0.3 is 0 Å². The van der Waals surface area contributed by atoms with Gasteiger partial charge in [-0.2, -0.15) is 0 Å². The number of hydrogen-bond acceptors (Lipinski definition) is 3. The summed E-state index contributed by atoms with van der Waals surface area (Å²) in [5, 5.41) is 2.91. The van der Waals surface area contributed by atoms with Crippen LogP contribution in [0.3, 0.4) is 0 Å². The van der Waals surface area contributed by atoms with Crippen LogP contribution in [0.1, 0.15) is 25.0 Å². The van der Waals surface area contributed by atoms with Gasteiger partial charge in [0.2, 0.25) is 11.8 Å². The van der Waals surface area contributed by atoms with Crippen LogP contribution in [0.4, 0.5) is 0 Å². The predicted molar refractivity (Wildman–Crippen MR) is 111 cm³/mol. The van der Waals surface area contributed by atoms with E-state index in [1.54, 1.807) is 12.0 Å². The van der Waals surface area contributed by atoms with Crippen molar-refractivity contribution in [2.24, 2.45) is 5.92 Å². The van der Waals surface area contributed by atoms with Crippen molar-refractivity contribution >= 4 is 11.8 Å². The molecule has 1 N–H and O–H groups in total. The number of carbonyl (C=O) groups is 2. The second-order valence-corrected chi connectivity index (χ2v) is 7.10. The van der Waals surface area contributed by atoms with E-state index < -0.39 is 6.04 Å². The van der Waals surface area contributed by atoms with Gasteiger partial charge in [0.25, 0.3) is 0 Å². The monoisotopic (exact) mass is 382 g/mol. The summed E-state index contributed by atoms with van der Waals surface area (Å²) >= 11 is 0. The third kappa shape index (κ3) is 6.50. The molecule has 0 aliphatic carbocycles. The van der Waals surface area contributed by atoms with Crippen molar-refractivity contribution in [1.82, 2.24) is 10.2 Å². The first-order valence-corrected chi connectivity index (χ1v) is 9.68. The number of methoxy groups -OCH3 is 1. The molecule has 0 saturated heterocycles. The Hall–Kier alpha value is -2.66. The summed E-state index contributed by atoms with van der Waals surface area (Å²) in [5.41, 5.74) is 2.02. The van der Waals surface area contributed by atoms with Crippen molar-refractivity contribution in [2.75, 3.05) is 20.3 Å². The number of ether oxygens (including phenoxy) is 1. The molecule has 2 rings (SSSR count). The van der Waals surface area contributed by atoms with Crippen LogP contribution in [0.2, 0.25) is 0 Å². The normalized spacial score (nSPS) is 11.9. The lowest BCUT2D eigenvalue weighted by Crippen LogP contribution is -2.52. The average Bonchev–Trinajstić information content (AvgIpc) is 2.71. The fourth-order valence-corrected chi connectivity index (χ4v) is 3.03. The van der Waals surface area contributed by atoms with E-state index in [0.29, 0.717) is 26.1 Å². The van der Waals surface area contributed by atoms with Crippen LogP contribution in [0.5, 0.6) is 0 Å². The molecule has 5 nitrogen and oxygen atoms in total. The molecule has 2 amide bonds. The van der Waals surface area contributed by atoms with Gasteiger partial charge in [-0.15, -0.1) is 0 Å². The minimum absolute atomic E-state index is 0.0355. The number of nitrogens with zero attached hydrogens (tertiary/aromatic N) is 1. The van der Waals surface area contributed by atoms with E-state index in [1.807, 2.05) is 74.5 Å². The van der Waals surface area contributed by atoms with Crippen LogP contribution in [0.25, 0.3) is 0 Å². The summed E-state index contributed by atoms with van der Waals surface area (Å²) < 4.78 is 5.04. The molecule has 0 aliphatic heterocycles. The minimum Gasteiger partial charge on any atom is -0.383 e. The Bertz CT molecular complexity index is 732. The highest BCUT2D eigenvalue weighted by atomic mass is 16.5. The first-order valence-electron chi connectivity index (χ1n) is 9.68. The largest absolute Gasteiger partial charge is 0.383 e. The van der Waals surface area contributed by atoms with Crippen molar-refractivity contribution in [3.63, 3.8) is 0 Å². The first-order chi connectivity index (χ1) is 13.5. The molecule has 0 aromatic heterocycles. The molecule has 2 aromatic carbocycles. The lowest BCUT2D eigenvalue weighted by Gasteiger charge is -2.32. The second-order valence-electron chi connectivity index (χ2n) is 7.10. The van der Waals surface area contributed by atoms with Crippen molar-refractivity contribution in [3.05, 3.63) is 71.8 Å². The Labute approximate surface area is 167 Å². The zero-order chi connectivity index (χ0) is 20.4. The fraction of sp³-hybridized carbons (Fsp3) is 0.391. The van der Waals surface area contributed by atoms with E-state index in [0.717, 1.165) is 11.1 Å². The summed E-state index contributed by atoms with van der Waals surface area (Å²) in [6, 6.07) is 19.0. The van der Waals surface area contributed by atoms with Crippen LogP contribution in [0, 0.1) is 5.92 Å². The van der Waals surface area contributed by atoms with Gasteiger partial charge in [0.05, 0.1) is 6.61 Å². The van der Waals surface area contributed by atoms with E-state index in [4.69, 9.17) is 4.74 Å². The van der Waals surface area contributed by atoms with Crippen LogP contribution in [0.15, 0.2) is 60.7 Å². The maximum Gasteiger partial charge on any atom is 0.243 e. The summed E-state index contributed by atoms with van der Waals surface area (Å²) in [4.78, 5) is 27.8. The molecule has 0 bridgehead atoms. The highest BCUT2D eigenvalue weighted by Crippen LogP contribution is 2.17. The number of nitrogens with one attached hydrogen (secondary N) is 1. The molecule has 0 spiro atoms. The molecule has 1 atom stereocenters. The van der Waals surface area contributed by atoms with Gasteiger partial charge in [-0.25, -0.2) is 0 Å². The van der Waals surface area contributed by atoms with Crippen molar-refractivity contribution in [2.45, 2.75) is 32.9 Å². The van der Waals surface area contributed by atoms with E-state index in [9.17, 15) is 9.59 Å². The summed E-state index contributed by atoms with van der Waals surface area (Å²) in [6.07, 6.45) is 0.463. The number of hydrogen-bond donors (Lipinski definition) is 1. The molecule has 0 aliphatic rings. The molecule has 0 fully saturated rings. The number of rotatable bonds is 10. The van der Waals surface area contributed by atoms with Crippen LogP contribution >= 0.6 is 0 Å². The quantitative estimate of drug-likeness (QED) is 0.643. The third-order valence-corrected chi connectivity index (χ3v) is 4.53. The Balaban J connectivity index is 2.31. The number of benzene rings is 2. The minimum atomic E-state index is -0.589. The zero-order valence-corrected chi connectivity index (χ0v) is 16.9. The molecule has 2 aromatic rings. The third-order valence-electron chi connectivity index (χ3n) is 4.53. The van der Waals surface area contributed by atoms with Crippen molar-refractivity contribution < 1.29 is 14.3 Å². The summed E-state index contributed by atoms with van der Waals surface area (Å²) in [5.74, 6) is -0.397. The van der Waals surface area contributed by atoms with E-state index in [-0.39, 0.29) is 17.7 Å². The Morgan fingerprint density at radius 3 is 2.07 bits per heavy atom. The van der Waals surface area contributed by atoms with Crippen molar-refractivity contribution in [3.8, 4) is 0 Å². The van der Waals surface area contributed by atoms with Crippen LogP contribution in [-0.2, 0) is 27.3 Å². The first kappa shape index (κ1) is 21.6. The van der Waals surface area contributed by atoms with E-state index >= 15 is 0 Å². The maximum absolute atomic E-state index is 13.0. The standard InChI is InChI=1S/C23H30N2O3/c1-18(2)23(27)25(17-20-12-8-5-9-13-20)21(22(26)24-14-15-28-3)16-19-10-6-4-7-11-19/h4-13,18,21H,14-17H2,1-3H3,(H,24,26)/t21-/m1/s1. The molecular weight excluding hydrogens is 352 g/mol. The number of amides is 2. The van der Waals surface area contributed by atoms with E-state index in [2.05, 4.69) is 5.32 Å². The van der Waals surface area contributed by atoms with Gasteiger partial charge < -0.3 is 15.0 Å².